The Morgan fingerprint density at radius 2 is 1.83 bits per heavy atom. The number of anilines is 1. The van der Waals surface area contributed by atoms with Crippen molar-refractivity contribution in [1.82, 2.24) is 5.32 Å². The highest BCUT2D eigenvalue weighted by Gasteiger charge is 2.32. The minimum atomic E-state index is -0.458. The summed E-state index contributed by atoms with van der Waals surface area (Å²) in [6.45, 7) is 0.0655. The zero-order chi connectivity index (χ0) is 21.3. The molecular formula is C21H13ClF2N2O3S. The van der Waals surface area contributed by atoms with Crippen LogP contribution in [-0.2, 0) is 11.4 Å². The molecule has 1 aliphatic heterocycles. The molecule has 0 radical (unpaired) electrons. The van der Waals surface area contributed by atoms with E-state index in [1.54, 1.807) is 12.1 Å². The number of rotatable bonds is 5. The predicted molar refractivity (Wildman–Crippen MR) is 112 cm³/mol. The van der Waals surface area contributed by atoms with Crippen LogP contribution in [0, 0.1) is 11.6 Å². The minimum absolute atomic E-state index is 0.0655. The lowest BCUT2D eigenvalue weighted by Crippen LogP contribution is -2.30. The molecule has 0 atom stereocenters. The van der Waals surface area contributed by atoms with Crippen LogP contribution in [-0.4, -0.2) is 11.0 Å². The number of amides is 1. The molecule has 152 valence electrons. The Balaban J connectivity index is 1.46. The summed E-state index contributed by atoms with van der Waals surface area (Å²) in [5.74, 6) is -0.0573. The lowest BCUT2D eigenvalue weighted by Gasteiger charge is -2.13. The Bertz CT molecular complexity index is 1160. The fraction of sp³-hybridized carbons (Fsp3) is 0.0476. The smallest absolute Gasteiger partial charge is 0.281 e. The van der Waals surface area contributed by atoms with Gasteiger partial charge in [-0.15, -0.1) is 0 Å². The Morgan fingerprint density at radius 1 is 1.10 bits per heavy atom. The maximum absolute atomic E-state index is 13.1. The third kappa shape index (κ3) is 4.19. The van der Waals surface area contributed by atoms with Gasteiger partial charge in [-0.1, -0.05) is 11.6 Å². The van der Waals surface area contributed by atoms with Crippen molar-refractivity contribution in [2.45, 2.75) is 6.61 Å². The minimum Gasteiger partial charge on any atom is -0.484 e. The standard InChI is InChI=1S/C21H13ClF2N2O3S/c22-17-9-13(24)3-8-19(17)28-11-16-7-6-15(29-16)10-18-20(27)26(21(30)25-18)14-4-1-12(23)2-5-14/h1-10H,11H2,(H,25,30)/b18-10+. The SMILES string of the molecule is O=C1/C(=C\c2ccc(COc3ccc(F)cc3Cl)o2)NC(=S)N1c1ccc(F)cc1. The first kappa shape index (κ1) is 20.1. The summed E-state index contributed by atoms with van der Waals surface area (Å²) < 4.78 is 37.4. The number of benzene rings is 2. The van der Waals surface area contributed by atoms with Gasteiger partial charge in [0.15, 0.2) is 5.11 Å². The first-order valence-electron chi connectivity index (χ1n) is 8.70. The van der Waals surface area contributed by atoms with Gasteiger partial charge >= 0.3 is 0 Å². The summed E-state index contributed by atoms with van der Waals surface area (Å²) in [6, 6.07) is 12.6. The molecule has 1 aliphatic rings. The van der Waals surface area contributed by atoms with Gasteiger partial charge in [-0.3, -0.25) is 9.69 Å². The topological polar surface area (TPSA) is 54.7 Å². The van der Waals surface area contributed by atoms with Gasteiger partial charge in [0.1, 0.15) is 41.2 Å². The summed E-state index contributed by atoms with van der Waals surface area (Å²) >= 11 is 11.1. The van der Waals surface area contributed by atoms with Gasteiger partial charge in [0.2, 0.25) is 0 Å². The van der Waals surface area contributed by atoms with E-state index in [0.717, 1.165) is 6.07 Å². The van der Waals surface area contributed by atoms with E-state index < -0.39 is 11.6 Å². The van der Waals surface area contributed by atoms with Gasteiger partial charge in [0.25, 0.3) is 5.91 Å². The van der Waals surface area contributed by atoms with E-state index in [-0.39, 0.29) is 28.3 Å². The molecule has 1 N–H and O–H groups in total. The van der Waals surface area contributed by atoms with Crippen molar-refractivity contribution in [2.24, 2.45) is 0 Å². The van der Waals surface area contributed by atoms with E-state index in [2.05, 4.69) is 5.32 Å². The number of thiocarbonyl (C=S) groups is 1. The second kappa shape index (κ2) is 8.25. The molecule has 9 heteroatoms. The quantitative estimate of drug-likeness (QED) is 0.439. The highest BCUT2D eigenvalue weighted by molar-refractivity contribution is 7.80. The monoisotopic (exact) mass is 446 g/mol. The number of hydrogen-bond donors (Lipinski definition) is 1. The summed E-state index contributed by atoms with van der Waals surface area (Å²) in [4.78, 5) is 14.0. The van der Waals surface area contributed by atoms with Crippen molar-refractivity contribution in [1.29, 1.82) is 0 Å². The Morgan fingerprint density at radius 3 is 2.57 bits per heavy atom. The molecule has 0 unspecified atom stereocenters. The van der Waals surface area contributed by atoms with Gasteiger partial charge in [-0.25, -0.2) is 8.78 Å². The maximum Gasteiger partial charge on any atom is 0.281 e. The molecule has 0 spiro atoms. The lowest BCUT2D eigenvalue weighted by atomic mass is 10.2. The normalized spacial score (nSPS) is 15.0. The van der Waals surface area contributed by atoms with Gasteiger partial charge < -0.3 is 14.5 Å². The van der Waals surface area contributed by atoms with Crippen molar-refractivity contribution in [3.8, 4) is 5.75 Å². The van der Waals surface area contributed by atoms with E-state index in [1.807, 2.05) is 0 Å². The fourth-order valence-corrected chi connectivity index (χ4v) is 3.31. The summed E-state index contributed by atoms with van der Waals surface area (Å²) in [6.07, 6.45) is 1.51. The van der Waals surface area contributed by atoms with Crippen LogP contribution in [0.1, 0.15) is 11.5 Å². The van der Waals surface area contributed by atoms with Gasteiger partial charge in [-0.05, 0) is 66.8 Å². The average Bonchev–Trinajstić information content (AvgIpc) is 3.26. The van der Waals surface area contributed by atoms with Gasteiger partial charge in [-0.2, -0.15) is 0 Å². The lowest BCUT2D eigenvalue weighted by molar-refractivity contribution is -0.113. The van der Waals surface area contributed by atoms with Crippen molar-refractivity contribution >= 4 is 46.6 Å². The summed E-state index contributed by atoms with van der Waals surface area (Å²) in [5.41, 5.74) is 0.666. The third-order valence-corrected chi connectivity index (χ3v) is 4.78. The highest BCUT2D eigenvalue weighted by Crippen LogP contribution is 2.27. The number of carbonyl (C=O) groups excluding carboxylic acids is 1. The van der Waals surface area contributed by atoms with Crippen LogP contribution < -0.4 is 15.0 Å². The summed E-state index contributed by atoms with van der Waals surface area (Å²) in [5, 5.41) is 3.16. The molecule has 0 bridgehead atoms. The molecule has 4 rings (SSSR count). The zero-order valence-electron chi connectivity index (χ0n) is 15.2. The van der Waals surface area contributed by atoms with Crippen molar-refractivity contribution in [2.75, 3.05) is 4.90 Å². The second-order valence-electron chi connectivity index (χ2n) is 6.27. The number of ether oxygens (including phenoxy) is 1. The number of nitrogens with one attached hydrogen (secondary N) is 1. The molecule has 0 saturated carbocycles. The zero-order valence-corrected chi connectivity index (χ0v) is 16.8. The number of carbonyl (C=O) groups is 1. The van der Waals surface area contributed by atoms with Crippen LogP contribution in [0.5, 0.6) is 5.75 Å². The van der Waals surface area contributed by atoms with Crippen molar-refractivity contribution in [3.63, 3.8) is 0 Å². The number of nitrogens with zero attached hydrogens (tertiary/aromatic N) is 1. The van der Waals surface area contributed by atoms with E-state index in [1.165, 1.54) is 47.4 Å². The largest absolute Gasteiger partial charge is 0.484 e. The molecule has 5 nitrogen and oxygen atoms in total. The molecule has 1 amide bonds. The number of furan rings is 1. The first-order chi connectivity index (χ1) is 14.4. The molecule has 0 aliphatic carbocycles. The molecule has 2 aromatic carbocycles. The fourth-order valence-electron chi connectivity index (χ4n) is 2.79. The van der Waals surface area contributed by atoms with E-state index in [9.17, 15) is 13.6 Å². The summed E-state index contributed by atoms with van der Waals surface area (Å²) in [7, 11) is 0. The Kier molecular flexibility index (Phi) is 5.52. The average molecular weight is 447 g/mol. The van der Waals surface area contributed by atoms with Crippen LogP contribution in [0.4, 0.5) is 14.5 Å². The Hall–Kier alpha value is -3.23. The molecule has 1 saturated heterocycles. The molecule has 30 heavy (non-hydrogen) atoms. The second-order valence-corrected chi connectivity index (χ2v) is 7.07. The predicted octanol–water partition coefficient (Wildman–Crippen LogP) is 5.05. The number of halogens is 3. The van der Waals surface area contributed by atoms with Crippen molar-refractivity contribution in [3.05, 3.63) is 88.5 Å². The van der Waals surface area contributed by atoms with Gasteiger partial charge in [0.05, 0.1) is 10.7 Å². The van der Waals surface area contributed by atoms with Crippen LogP contribution >= 0.6 is 23.8 Å². The third-order valence-electron chi connectivity index (χ3n) is 4.20. The molecule has 1 aromatic heterocycles. The van der Waals surface area contributed by atoms with E-state index in [4.69, 9.17) is 33.0 Å². The van der Waals surface area contributed by atoms with E-state index >= 15 is 0 Å². The molecule has 2 heterocycles. The highest BCUT2D eigenvalue weighted by atomic mass is 35.5. The molecule has 3 aromatic rings. The van der Waals surface area contributed by atoms with Crippen LogP contribution in [0.25, 0.3) is 6.08 Å². The van der Waals surface area contributed by atoms with E-state index in [0.29, 0.717) is 23.0 Å². The van der Waals surface area contributed by atoms with Crippen LogP contribution in [0.2, 0.25) is 5.02 Å². The van der Waals surface area contributed by atoms with Gasteiger partial charge in [0, 0.05) is 6.08 Å². The Labute approximate surface area is 180 Å². The number of hydrogen-bond acceptors (Lipinski definition) is 4. The first-order valence-corrected chi connectivity index (χ1v) is 9.48. The van der Waals surface area contributed by atoms with Crippen molar-refractivity contribution < 1.29 is 22.7 Å². The molecule has 1 fully saturated rings. The van der Waals surface area contributed by atoms with Crippen LogP contribution in [0.15, 0.2) is 64.7 Å². The van der Waals surface area contributed by atoms with Crippen LogP contribution in [0.3, 0.4) is 0 Å². The molecular weight excluding hydrogens is 434 g/mol. The maximum atomic E-state index is 13.1.